The predicted octanol–water partition coefficient (Wildman–Crippen LogP) is 5.77. The van der Waals surface area contributed by atoms with Gasteiger partial charge in [0.2, 0.25) is 0 Å². The fraction of sp³-hybridized carbons (Fsp3) is 0.652. The Morgan fingerprint density at radius 2 is 1.46 bits per heavy atom. The molecule has 0 spiro atoms. The summed E-state index contributed by atoms with van der Waals surface area (Å²) in [5.41, 5.74) is 6.94. The summed E-state index contributed by atoms with van der Waals surface area (Å²) in [5, 5.41) is 10.5. The van der Waals surface area contributed by atoms with Gasteiger partial charge in [0.1, 0.15) is 5.84 Å². The fourth-order valence-electron chi connectivity index (χ4n) is 3.52. The zero-order valence-electron chi connectivity index (χ0n) is 17.4. The van der Waals surface area contributed by atoms with E-state index in [4.69, 9.17) is 11.1 Å². The van der Waals surface area contributed by atoms with Crippen molar-refractivity contribution in [1.82, 2.24) is 5.32 Å². The highest BCUT2D eigenvalue weighted by molar-refractivity contribution is 6.01. The molecule has 158 valence electrons. The minimum atomic E-state index is -0.578. The van der Waals surface area contributed by atoms with E-state index in [1.54, 1.807) is 0 Å². The van der Waals surface area contributed by atoms with Crippen molar-refractivity contribution >= 4 is 24.1 Å². The number of aryl methyl sites for hydroxylation is 1. The van der Waals surface area contributed by atoms with Crippen LogP contribution in [0, 0.1) is 5.41 Å². The zero-order chi connectivity index (χ0) is 19.5. The van der Waals surface area contributed by atoms with Crippen LogP contribution in [0.15, 0.2) is 24.3 Å². The summed E-state index contributed by atoms with van der Waals surface area (Å²) in [7, 11) is 0. The Labute approximate surface area is 177 Å². The molecule has 2 rings (SSSR count). The highest BCUT2D eigenvalue weighted by Gasteiger charge is 2.47. The first kappa shape index (κ1) is 24.5. The second kappa shape index (κ2) is 12.8. The number of hydrogen-bond acceptors (Lipinski definition) is 2. The molecular weight excluding hydrogens is 370 g/mol. The lowest BCUT2D eigenvalue weighted by Gasteiger charge is -2.15. The Balaban J connectivity index is 0.00000392. The van der Waals surface area contributed by atoms with E-state index >= 15 is 0 Å². The average molecular weight is 408 g/mol. The summed E-state index contributed by atoms with van der Waals surface area (Å²) in [6.07, 6.45) is 16.1. The fourth-order valence-corrected chi connectivity index (χ4v) is 3.52. The summed E-state index contributed by atoms with van der Waals surface area (Å²) in [4.78, 5) is 12.3. The van der Waals surface area contributed by atoms with E-state index in [2.05, 4.69) is 24.4 Å². The maximum atomic E-state index is 12.3. The molecule has 5 heteroatoms. The van der Waals surface area contributed by atoms with Crippen LogP contribution >= 0.6 is 12.4 Å². The Morgan fingerprint density at radius 3 is 1.93 bits per heavy atom. The number of nitrogens with two attached hydrogens (primary N) is 1. The number of carbonyl (C=O) groups excluding carboxylic acids is 1. The number of unbranched alkanes of at least 4 members (excludes halogenated alkanes) is 9. The predicted molar refractivity (Wildman–Crippen MR) is 121 cm³/mol. The molecule has 0 saturated heterocycles. The lowest BCUT2D eigenvalue weighted by atomic mass is 10.0. The Morgan fingerprint density at radius 1 is 0.964 bits per heavy atom. The van der Waals surface area contributed by atoms with Crippen LogP contribution < -0.4 is 11.1 Å². The molecule has 0 atom stereocenters. The van der Waals surface area contributed by atoms with Crippen molar-refractivity contribution in [3.05, 3.63) is 35.4 Å². The summed E-state index contributed by atoms with van der Waals surface area (Å²) in [6, 6.07) is 7.88. The van der Waals surface area contributed by atoms with Crippen molar-refractivity contribution in [2.75, 3.05) is 0 Å². The molecule has 1 aromatic rings. The average Bonchev–Trinajstić information content (AvgIpc) is 3.44. The molecule has 0 unspecified atom stereocenters. The van der Waals surface area contributed by atoms with Crippen molar-refractivity contribution in [2.45, 2.75) is 95.9 Å². The van der Waals surface area contributed by atoms with Crippen molar-refractivity contribution in [3.63, 3.8) is 0 Å². The van der Waals surface area contributed by atoms with E-state index in [9.17, 15) is 4.79 Å². The van der Waals surface area contributed by atoms with Crippen LogP contribution in [0.4, 0.5) is 0 Å². The second-order valence-electron chi connectivity index (χ2n) is 8.08. The smallest absolute Gasteiger partial charge is 0.252 e. The van der Waals surface area contributed by atoms with E-state index in [1.165, 1.54) is 69.8 Å². The first-order valence-corrected chi connectivity index (χ1v) is 10.8. The molecule has 1 saturated carbocycles. The van der Waals surface area contributed by atoms with Crippen LogP contribution in [0.5, 0.6) is 0 Å². The Kier molecular flexibility index (Phi) is 11.2. The number of benzene rings is 1. The SMILES string of the molecule is CCCCCCCCCCCCc1ccc(C(=O)NC2(C(=N)N)CC2)cc1.Cl. The summed E-state index contributed by atoms with van der Waals surface area (Å²) >= 11 is 0. The van der Waals surface area contributed by atoms with Crippen LogP contribution in [0.1, 0.15) is 99.9 Å². The summed E-state index contributed by atoms with van der Waals surface area (Å²) in [5.74, 6) is -0.0679. The summed E-state index contributed by atoms with van der Waals surface area (Å²) < 4.78 is 0. The highest BCUT2D eigenvalue weighted by Crippen LogP contribution is 2.35. The molecule has 0 bridgehead atoms. The number of amides is 1. The third kappa shape index (κ3) is 8.22. The molecule has 0 heterocycles. The van der Waals surface area contributed by atoms with Crippen molar-refractivity contribution < 1.29 is 4.79 Å². The monoisotopic (exact) mass is 407 g/mol. The molecule has 1 amide bonds. The van der Waals surface area contributed by atoms with Gasteiger partial charge in [0.05, 0.1) is 5.54 Å². The first-order valence-electron chi connectivity index (χ1n) is 10.8. The van der Waals surface area contributed by atoms with E-state index in [0.717, 1.165) is 19.3 Å². The molecule has 0 aliphatic heterocycles. The van der Waals surface area contributed by atoms with Crippen molar-refractivity contribution in [3.8, 4) is 0 Å². The van der Waals surface area contributed by atoms with Crippen LogP contribution in [-0.2, 0) is 6.42 Å². The number of nitrogens with one attached hydrogen (secondary N) is 2. The van der Waals surface area contributed by atoms with Gasteiger partial charge in [-0.15, -0.1) is 12.4 Å². The maximum absolute atomic E-state index is 12.3. The number of carbonyl (C=O) groups is 1. The molecule has 1 fully saturated rings. The lowest BCUT2D eigenvalue weighted by Crippen LogP contribution is -2.46. The van der Waals surface area contributed by atoms with Gasteiger partial charge < -0.3 is 11.1 Å². The largest absolute Gasteiger partial charge is 0.386 e. The minimum Gasteiger partial charge on any atom is -0.386 e. The van der Waals surface area contributed by atoms with Crippen LogP contribution in [0.3, 0.4) is 0 Å². The number of amidine groups is 1. The van der Waals surface area contributed by atoms with Gasteiger partial charge in [0, 0.05) is 5.56 Å². The molecule has 0 radical (unpaired) electrons. The Hall–Kier alpha value is -1.55. The van der Waals surface area contributed by atoms with Crippen molar-refractivity contribution in [2.24, 2.45) is 5.73 Å². The van der Waals surface area contributed by atoms with Gasteiger partial charge in [-0.3, -0.25) is 10.2 Å². The topological polar surface area (TPSA) is 79.0 Å². The van der Waals surface area contributed by atoms with Gasteiger partial charge >= 0.3 is 0 Å². The second-order valence-corrected chi connectivity index (χ2v) is 8.08. The third-order valence-corrected chi connectivity index (χ3v) is 5.65. The molecule has 0 aromatic heterocycles. The molecule has 4 N–H and O–H groups in total. The number of rotatable bonds is 14. The standard InChI is InChI=1S/C23H37N3O.ClH/c1-2-3-4-5-6-7-8-9-10-11-12-19-13-15-20(16-14-19)21(27)26-23(17-18-23)22(24)25;/h13-16H,2-12,17-18H2,1H3,(H3,24,25)(H,26,27);1H. The summed E-state index contributed by atoms with van der Waals surface area (Å²) in [6.45, 7) is 2.26. The third-order valence-electron chi connectivity index (χ3n) is 5.65. The molecule has 1 aliphatic rings. The molecule has 1 aliphatic carbocycles. The van der Waals surface area contributed by atoms with Crippen LogP contribution in [0.25, 0.3) is 0 Å². The van der Waals surface area contributed by atoms with Gasteiger partial charge in [0.25, 0.3) is 5.91 Å². The Bertz CT molecular complexity index is 596. The molecule has 28 heavy (non-hydrogen) atoms. The highest BCUT2D eigenvalue weighted by atomic mass is 35.5. The number of halogens is 1. The minimum absolute atomic E-state index is 0. The number of hydrogen-bond donors (Lipinski definition) is 3. The molecular formula is C23H38ClN3O. The quantitative estimate of drug-likeness (QED) is 0.208. The van der Waals surface area contributed by atoms with E-state index in [0.29, 0.717) is 5.56 Å². The normalized spacial score (nSPS) is 14.2. The maximum Gasteiger partial charge on any atom is 0.252 e. The molecule has 4 nitrogen and oxygen atoms in total. The van der Waals surface area contributed by atoms with E-state index < -0.39 is 5.54 Å². The van der Waals surface area contributed by atoms with Gasteiger partial charge in [0.15, 0.2) is 0 Å². The zero-order valence-corrected chi connectivity index (χ0v) is 18.2. The van der Waals surface area contributed by atoms with E-state index in [1.807, 2.05) is 12.1 Å². The van der Waals surface area contributed by atoms with E-state index in [-0.39, 0.29) is 24.1 Å². The van der Waals surface area contributed by atoms with Gasteiger partial charge in [-0.1, -0.05) is 76.8 Å². The lowest BCUT2D eigenvalue weighted by molar-refractivity contribution is 0.0943. The van der Waals surface area contributed by atoms with Crippen LogP contribution in [0.2, 0.25) is 0 Å². The van der Waals surface area contributed by atoms with Crippen molar-refractivity contribution in [1.29, 1.82) is 5.41 Å². The molecule has 1 aromatic carbocycles. The van der Waals surface area contributed by atoms with Gasteiger partial charge in [-0.05, 0) is 43.4 Å². The van der Waals surface area contributed by atoms with Gasteiger partial charge in [-0.2, -0.15) is 0 Å². The van der Waals surface area contributed by atoms with Crippen LogP contribution in [-0.4, -0.2) is 17.3 Å². The van der Waals surface area contributed by atoms with Gasteiger partial charge in [-0.25, -0.2) is 0 Å². The first-order chi connectivity index (χ1) is 13.1.